The molecular formula is C12H16N2O. The highest BCUT2D eigenvalue weighted by Gasteiger charge is 2.39. The van der Waals surface area contributed by atoms with E-state index >= 15 is 0 Å². The van der Waals surface area contributed by atoms with Crippen LogP contribution >= 0.6 is 0 Å². The Bertz CT molecular complexity index is 383. The molecule has 1 aliphatic rings. The molecule has 2 rings (SSSR count). The highest BCUT2D eigenvalue weighted by atomic mass is 16.1. The van der Waals surface area contributed by atoms with E-state index < -0.39 is 0 Å². The smallest absolute Gasteiger partial charge is 0.217 e. The Balaban J connectivity index is 2.09. The monoisotopic (exact) mass is 204 g/mol. The van der Waals surface area contributed by atoms with Crippen molar-refractivity contribution >= 4 is 5.91 Å². The summed E-state index contributed by atoms with van der Waals surface area (Å²) < 4.78 is 0. The first-order valence-electron chi connectivity index (χ1n) is 5.27. The van der Waals surface area contributed by atoms with E-state index in [-0.39, 0.29) is 11.4 Å². The van der Waals surface area contributed by atoms with E-state index in [0.29, 0.717) is 12.8 Å². The summed E-state index contributed by atoms with van der Waals surface area (Å²) in [4.78, 5) is 10.7. The van der Waals surface area contributed by atoms with Crippen molar-refractivity contribution in [1.29, 1.82) is 0 Å². The molecule has 0 bridgehead atoms. The zero-order chi connectivity index (χ0) is 10.9. The van der Waals surface area contributed by atoms with E-state index in [9.17, 15) is 4.79 Å². The molecule has 1 amide bonds. The lowest BCUT2D eigenvalue weighted by atomic mass is 10.0. The molecule has 0 heterocycles. The lowest BCUT2D eigenvalue weighted by Gasteiger charge is -2.10. The predicted octanol–water partition coefficient (Wildman–Crippen LogP) is 1.05. The van der Waals surface area contributed by atoms with Crippen LogP contribution in [0.15, 0.2) is 24.3 Å². The second-order valence-electron chi connectivity index (χ2n) is 4.32. The topological polar surface area (TPSA) is 69.1 Å². The molecule has 3 heteroatoms. The molecule has 1 aromatic rings. The summed E-state index contributed by atoms with van der Waals surface area (Å²) >= 11 is 0. The van der Waals surface area contributed by atoms with Gasteiger partial charge in [0, 0.05) is 12.0 Å². The van der Waals surface area contributed by atoms with Gasteiger partial charge in [-0.25, -0.2) is 0 Å². The molecule has 0 aromatic heterocycles. The highest BCUT2D eigenvalue weighted by Crippen LogP contribution is 2.42. The van der Waals surface area contributed by atoms with Crippen LogP contribution < -0.4 is 11.5 Å². The van der Waals surface area contributed by atoms with Gasteiger partial charge in [0.25, 0.3) is 0 Å². The molecule has 4 N–H and O–H groups in total. The highest BCUT2D eigenvalue weighted by molar-refractivity contribution is 5.74. The number of carbonyl (C=O) groups is 1. The third kappa shape index (κ3) is 2.36. The number of carbonyl (C=O) groups excluding carboxylic acids is 1. The van der Waals surface area contributed by atoms with E-state index in [4.69, 9.17) is 11.5 Å². The fraction of sp³-hybridized carbons (Fsp3) is 0.417. The van der Waals surface area contributed by atoms with Crippen LogP contribution in [0.1, 0.15) is 30.4 Å². The number of nitrogens with two attached hydrogens (primary N) is 2. The summed E-state index contributed by atoms with van der Waals surface area (Å²) in [7, 11) is 0. The van der Waals surface area contributed by atoms with Crippen molar-refractivity contribution in [2.75, 3.05) is 0 Å². The Kier molecular flexibility index (Phi) is 2.49. The Labute approximate surface area is 89.5 Å². The average Bonchev–Trinajstić information content (AvgIpc) is 2.95. The van der Waals surface area contributed by atoms with Crippen LogP contribution in [0.2, 0.25) is 0 Å². The molecule has 80 valence electrons. The maximum Gasteiger partial charge on any atom is 0.217 e. The summed E-state index contributed by atoms with van der Waals surface area (Å²) in [5.74, 6) is -0.255. The lowest BCUT2D eigenvalue weighted by molar-refractivity contribution is -0.117. The number of rotatable bonds is 4. The number of benzene rings is 1. The van der Waals surface area contributed by atoms with E-state index in [2.05, 4.69) is 12.1 Å². The molecule has 1 saturated carbocycles. The molecule has 1 aliphatic carbocycles. The van der Waals surface area contributed by atoms with Gasteiger partial charge in [0.05, 0.1) is 0 Å². The van der Waals surface area contributed by atoms with Crippen LogP contribution in [0.4, 0.5) is 0 Å². The molecule has 0 unspecified atom stereocenters. The third-order valence-electron chi connectivity index (χ3n) is 2.95. The van der Waals surface area contributed by atoms with Crippen LogP contribution in [0.25, 0.3) is 0 Å². The van der Waals surface area contributed by atoms with E-state index in [1.165, 1.54) is 5.56 Å². The van der Waals surface area contributed by atoms with Gasteiger partial charge < -0.3 is 11.5 Å². The molecule has 0 saturated heterocycles. The van der Waals surface area contributed by atoms with Crippen molar-refractivity contribution < 1.29 is 4.79 Å². The summed E-state index contributed by atoms with van der Waals surface area (Å²) in [6.07, 6.45) is 3.23. The maximum atomic E-state index is 10.7. The van der Waals surface area contributed by atoms with E-state index in [1.54, 1.807) is 0 Å². The Morgan fingerprint density at radius 3 is 2.73 bits per heavy atom. The summed E-state index contributed by atoms with van der Waals surface area (Å²) in [6.45, 7) is 0. The number of primary amides is 1. The van der Waals surface area contributed by atoms with Gasteiger partial charge in [0.15, 0.2) is 0 Å². The molecule has 1 aromatic carbocycles. The second-order valence-corrected chi connectivity index (χ2v) is 4.32. The normalized spacial score (nSPS) is 17.4. The van der Waals surface area contributed by atoms with Gasteiger partial charge in [-0.05, 0) is 30.4 Å². The predicted molar refractivity (Wildman–Crippen MR) is 59.1 cm³/mol. The number of amides is 1. The van der Waals surface area contributed by atoms with Crippen molar-refractivity contribution in [1.82, 2.24) is 0 Å². The van der Waals surface area contributed by atoms with Gasteiger partial charge >= 0.3 is 0 Å². The van der Waals surface area contributed by atoms with Gasteiger partial charge in [-0.15, -0.1) is 0 Å². The largest absolute Gasteiger partial charge is 0.370 e. The molecular weight excluding hydrogens is 188 g/mol. The third-order valence-corrected chi connectivity index (χ3v) is 2.95. The van der Waals surface area contributed by atoms with Crippen LogP contribution in [-0.2, 0) is 16.8 Å². The van der Waals surface area contributed by atoms with Gasteiger partial charge in [-0.1, -0.05) is 24.3 Å². The van der Waals surface area contributed by atoms with Crippen LogP contribution in [-0.4, -0.2) is 5.91 Å². The molecule has 0 radical (unpaired) electrons. The fourth-order valence-electron chi connectivity index (χ4n) is 1.73. The first-order chi connectivity index (χ1) is 7.10. The quantitative estimate of drug-likeness (QED) is 0.769. The van der Waals surface area contributed by atoms with Crippen molar-refractivity contribution in [3.63, 3.8) is 0 Å². The van der Waals surface area contributed by atoms with Crippen LogP contribution in [0.3, 0.4) is 0 Å². The standard InChI is InChI=1S/C12H16N2O/c13-11(15)5-4-9-2-1-3-10(8-9)12(14)6-7-12/h1-3,8H,4-7,14H2,(H2,13,15). The number of hydrogen-bond acceptors (Lipinski definition) is 2. The van der Waals surface area contributed by atoms with Crippen LogP contribution in [0.5, 0.6) is 0 Å². The zero-order valence-corrected chi connectivity index (χ0v) is 8.70. The molecule has 0 atom stereocenters. The van der Waals surface area contributed by atoms with E-state index in [1.807, 2.05) is 12.1 Å². The van der Waals surface area contributed by atoms with Gasteiger partial charge in [0.2, 0.25) is 5.91 Å². The summed E-state index contributed by atoms with van der Waals surface area (Å²) in [5, 5.41) is 0. The minimum Gasteiger partial charge on any atom is -0.370 e. The molecule has 0 aliphatic heterocycles. The minimum absolute atomic E-state index is 0.0945. The van der Waals surface area contributed by atoms with Gasteiger partial charge in [-0.3, -0.25) is 4.79 Å². The summed E-state index contributed by atoms with van der Waals surface area (Å²) in [6, 6.07) is 8.16. The molecule has 3 nitrogen and oxygen atoms in total. The maximum absolute atomic E-state index is 10.7. The van der Waals surface area contributed by atoms with Crippen molar-refractivity contribution in [3.8, 4) is 0 Å². The average molecular weight is 204 g/mol. The summed E-state index contributed by atoms with van der Waals surface area (Å²) in [5.41, 5.74) is 13.4. The number of hydrogen-bond donors (Lipinski definition) is 2. The molecule has 1 fully saturated rings. The van der Waals surface area contributed by atoms with Crippen molar-refractivity contribution in [2.24, 2.45) is 11.5 Å². The van der Waals surface area contributed by atoms with Crippen LogP contribution in [0, 0.1) is 0 Å². The Morgan fingerprint density at radius 2 is 2.13 bits per heavy atom. The molecule has 15 heavy (non-hydrogen) atoms. The first-order valence-corrected chi connectivity index (χ1v) is 5.27. The van der Waals surface area contributed by atoms with Crippen molar-refractivity contribution in [3.05, 3.63) is 35.4 Å². The number of aryl methyl sites for hydroxylation is 1. The van der Waals surface area contributed by atoms with E-state index in [0.717, 1.165) is 18.4 Å². The fourth-order valence-corrected chi connectivity index (χ4v) is 1.73. The SMILES string of the molecule is NC(=O)CCc1cccc(C2(N)CC2)c1. The Hall–Kier alpha value is -1.35. The van der Waals surface area contributed by atoms with Gasteiger partial charge in [-0.2, -0.15) is 0 Å². The van der Waals surface area contributed by atoms with Crippen molar-refractivity contribution in [2.45, 2.75) is 31.2 Å². The molecule has 0 spiro atoms. The second kappa shape index (κ2) is 3.66. The minimum atomic E-state index is -0.255. The zero-order valence-electron chi connectivity index (χ0n) is 8.70. The van der Waals surface area contributed by atoms with Gasteiger partial charge in [0.1, 0.15) is 0 Å². The lowest BCUT2D eigenvalue weighted by Crippen LogP contribution is -2.18. The Morgan fingerprint density at radius 1 is 1.40 bits per heavy atom. The first kappa shape index (κ1) is 10.2.